The number of carbonyl (C=O) groups excluding carboxylic acids is 1. The average Bonchev–Trinajstić information content (AvgIpc) is 3.02. The van der Waals surface area contributed by atoms with Crippen LogP contribution in [0, 0.1) is 0 Å². The fourth-order valence-electron chi connectivity index (χ4n) is 2.90. The molecule has 26 heavy (non-hydrogen) atoms. The topological polar surface area (TPSA) is 81.8 Å². The number of benzene rings is 1. The summed E-state index contributed by atoms with van der Waals surface area (Å²) in [5.74, 6) is -0.152. The quantitative estimate of drug-likeness (QED) is 0.763. The van der Waals surface area contributed by atoms with Crippen molar-refractivity contribution in [2.45, 2.75) is 46.2 Å². The smallest absolute Gasteiger partial charge is 0.293 e. The molecule has 7 heteroatoms. The molecule has 1 amide bonds. The summed E-state index contributed by atoms with van der Waals surface area (Å²) in [6.45, 7) is 7.64. The van der Waals surface area contributed by atoms with Gasteiger partial charge in [-0.25, -0.2) is 9.36 Å². The number of para-hydroxylation sites is 1. The van der Waals surface area contributed by atoms with Gasteiger partial charge in [-0.1, -0.05) is 32.0 Å². The molecule has 0 radical (unpaired) electrons. The van der Waals surface area contributed by atoms with Crippen LogP contribution in [0.5, 0.6) is 0 Å². The van der Waals surface area contributed by atoms with Gasteiger partial charge in [0.2, 0.25) is 5.91 Å². The van der Waals surface area contributed by atoms with Gasteiger partial charge >= 0.3 is 0 Å². The first-order valence-electron chi connectivity index (χ1n) is 8.72. The lowest BCUT2D eigenvalue weighted by molar-refractivity contribution is -0.122. The Morgan fingerprint density at radius 1 is 1.15 bits per heavy atom. The van der Waals surface area contributed by atoms with E-state index in [0.717, 1.165) is 16.8 Å². The first kappa shape index (κ1) is 17.8. The second-order valence-corrected chi connectivity index (χ2v) is 6.88. The van der Waals surface area contributed by atoms with Crippen LogP contribution in [-0.4, -0.2) is 31.5 Å². The van der Waals surface area contributed by atoms with E-state index >= 15 is 0 Å². The van der Waals surface area contributed by atoms with Crippen LogP contribution in [0.2, 0.25) is 0 Å². The highest BCUT2D eigenvalue weighted by atomic mass is 16.2. The number of rotatable bonds is 5. The second-order valence-electron chi connectivity index (χ2n) is 6.88. The Balaban J connectivity index is 2.19. The van der Waals surface area contributed by atoms with Crippen LogP contribution in [0.4, 0.5) is 0 Å². The van der Waals surface area contributed by atoms with E-state index in [0.29, 0.717) is 5.52 Å². The summed E-state index contributed by atoms with van der Waals surface area (Å²) in [6.07, 6.45) is 1.67. The van der Waals surface area contributed by atoms with E-state index in [1.165, 1.54) is 4.68 Å². The molecule has 0 saturated carbocycles. The summed E-state index contributed by atoms with van der Waals surface area (Å²) in [5.41, 5.74) is 1.65. The molecular weight excluding hydrogens is 330 g/mol. The molecule has 0 aliphatic heterocycles. The Kier molecular flexibility index (Phi) is 4.88. The number of nitrogens with one attached hydrogen (secondary N) is 1. The van der Waals surface area contributed by atoms with Gasteiger partial charge in [-0.05, 0) is 31.9 Å². The van der Waals surface area contributed by atoms with Crippen LogP contribution in [0.1, 0.15) is 39.3 Å². The third kappa shape index (κ3) is 3.37. The van der Waals surface area contributed by atoms with E-state index in [1.54, 1.807) is 10.9 Å². The fraction of sp³-hybridized carbons (Fsp3) is 0.368. The number of amides is 1. The first-order valence-corrected chi connectivity index (χ1v) is 8.72. The average molecular weight is 353 g/mol. The van der Waals surface area contributed by atoms with Crippen LogP contribution >= 0.6 is 0 Å². The molecule has 3 rings (SSSR count). The standard InChI is InChI=1S/C19H23N5O2/c1-12(2)17-15-10-20-24(14-8-6-5-7-9-14)18(15)19(26)23(22-17)11-16(25)21-13(3)4/h5-10,12-13H,11H2,1-4H3,(H,21,25). The summed E-state index contributed by atoms with van der Waals surface area (Å²) in [4.78, 5) is 25.2. The van der Waals surface area contributed by atoms with Gasteiger partial charge in [0.1, 0.15) is 12.1 Å². The maximum Gasteiger partial charge on any atom is 0.293 e. The number of carbonyl (C=O) groups is 1. The lowest BCUT2D eigenvalue weighted by atomic mass is 10.1. The number of hydrogen-bond acceptors (Lipinski definition) is 4. The molecule has 0 bridgehead atoms. The van der Waals surface area contributed by atoms with Gasteiger partial charge in [-0.15, -0.1) is 0 Å². The molecule has 0 fully saturated rings. The largest absolute Gasteiger partial charge is 0.352 e. The Bertz CT molecular complexity index is 986. The minimum Gasteiger partial charge on any atom is -0.352 e. The lowest BCUT2D eigenvalue weighted by Gasteiger charge is -2.13. The van der Waals surface area contributed by atoms with Crippen molar-refractivity contribution in [2.24, 2.45) is 0 Å². The second kappa shape index (κ2) is 7.11. The van der Waals surface area contributed by atoms with Crippen LogP contribution in [0.25, 0.3) is 16.6 Å². The van der Waals surface area contributed by atoms with Crippen molar-refractivity contribution >= 4 is 16.8 Å². The van der Waals surface area contributed by atoms with Crippen LogP contribution in [0.15, 0.2) is 41.3 Å². The van der Waals surface area contributed by atoms with E-state index in [9.17, 15) is 9.59 Å². The molecule has 0 spiro atoms. The molecule has 0 aliphatic carbocycles. The predicted octanol–water partition coefficient (Wildman–Crippen LogP) is 2.23. The highest BCUT2D eigenvalue weighted by molar-refractivity contribution is 5.82. The third-order valence-electron chi connectivity index (χ3n) is 4.00. The van der Waals surface area contributed by atoms with E-state index in [-0.39, 0.29) is 30.0 Å². The number of nitrogens with zero attached hydrogens (tertiary/aromatic N) is 4. The molecule has 0 unspecified atom stereocenters. The molecule has 1 N–H and O–H groups in total. The Hall–Kier alpha value is -2.96. The molecule has 0 saturated heterocycles. The molecular formula is C19H23N5O2. The molecule has 7 nitrogen and oxygen atoms in total. The van der Waals surface area contributed by atoms with Crippen molar-refractivity contribution < 1.29 is 4.79 Å². The third-order valence-corrected chi connectivity index (χ3v) is 4.00. The van der Waals surface area contributed by atoms with Gasteiger partial charge in [0.15, 0.2) is 0 Å². The van der Waals surface area contributed by atoms with Crippen molar-refractivity contribution in [3.63, 3.8) is 0 Å². The maximum absolute atomic E-state index is 13.0. The van der Waals surface area contributed by atoms with Crippen molar-refractivity contribution in [1.29, 1.82) is 0 Å². The van der Waals surface area contributed by atoms with Gasteiger partial charge < -0.3 is 5.32 Å². The molecule has 1 aromatic carbocycles. The van der Waals surface area contributed by atoms with Crippen LogP contribution < -0.4 is 10.9 Å². The summed E-state index contributed by atoms with van der Waals surface area (Å²) < 4.78 is 2.85. The molecule has 3 aromatic rings. The van der Waals surface area contributed by atoms with Gasteiger partial charge in [-0.2, -0.15) is 10.2 Å². The normalized spacial score (nSPS) is 11.5. The van der Waals surface area contributed by atoms with Crippen molar-refractivity contribution in [2.75, 3.05) is 0 Å². The van der Waals surface area contributed by atoms with Gasteiger partial charge in [0.25, 0.3) is 5.56 Å². The highest BCUT2D eigenvalue weighted by Gasteiger charge is 2.19. The van der Waals surface area contributed by atoms with Crippen molar-refractivity contribution in [3.05, 3.63) is 52.6 Å². The minimum atomic E-state index is -0.329. The van der Waals surface area contributed by atoms with E-state index in [1.807, 2.05) is 58.0 Å². The summed E-state index contributed by atoms with van der Waals surface area (Å²) in [6, 6.07) is 9.46. The van der Waals surface area contributed by atoms with Crippen LogP contribution in [0.3, 0.4) is 0 Å². The Labute approximate surface area is 151 Å². The minimum absolute atomic E-state index is 0.00125. The van der Waals surface area contributed by atoms with Crippen LogP contribution in [-0.2, 0) is 11.3 Å². The lowest BCUT2D eigenvalue weighted by Crippen LogP contribution is -2.37. The van der Waals surface area contributed by atoms with Gasteiger partial charge in [0, 0.05) is 11.4 Å². The number of hydrogen-bond donors (Lipinski definition) is 1. The van der Waals surface area contributed by atoms with E-state index in [2.05, 4.69) is 15.5 Å². The molecule has 0 atom stereocenters. The summed E-state index contributed by atoms with van der Waals surface area (Å²) in [5, 5.41) is 12.4. The zero-order chi connectivity index (χ0) is 18.8. The van der Waals surface area contributed by atoms with Gasteiger partial charge in [0.05, 0.1) is 17.6 Å². The first-order chi connectivity index (χ1) is 12.4. The van der Waals surface area contributed by atoms with E-state index in [4.69, 9.17) is 0 Å². The predicted molar refractivity (Wildman–Crippen MR) is 100 cm³/mol. The van der Waals surface area contributed by atoms with Crippen molar-refractivity contribution in [1.82, 2.24) is 24.9 Å². The van der Waals surface area contributed by atoms with E-state index < -0.39 is 0 Å². The zero-order valence-corrected chi connectivity index (χ0v) is 15.4. The SMILES string of the molecule is CC(C)NC(=O)Cn1nc(C(C)C)c2cnn(-c3ccccc3)c2c1=O. The fourth-order valence-corrected chi connectivity index (χ4v) is 2.90. The Morgan fingerprint density at radius 2 is 1.85 bits per heavy atom. The molecule has 0 aliphatic rings. The molecule has 136 valence electrons. The monoisotopic (exact) mass is 353 g/mol. The zero-order valence-electron chi connectivity index (χ0n) is 15.4. The Morgan fingerprint density at radius 3 is 2.46 bits per heavy atom. The highest BCUT2D eigenvalue weighted by Crippen LogP contribution is 2.22. The molecule has 2 heterocycles. The van der Waals surface area contributed by atoms with Crippen molar-refractivity contribution in [3.8, 4) is 5.69 Å². The molecule has 2 aromatic heterocycles. The summed E-state index contributed by atoms with van der Waals surface area (Å²) in [7, 11) is 0. The number of aromatic nitrogens is 4. The number of fused-ring (bicyclic) bond motifs is 1. The van der Waals surface area contributed by atoms with Gasteiger partial charge in [-0.3, -0.25) is 9.59 Å². The maximum atomic E-state index is 13.0. The summed E-state index contributed by atoms with van der Waals surface area (Å²) >= 11 is 0.